The highest BCUT2D eigenvalue weighted by atomic mass is 15.2. The zero-order valence-corrected chi connectivity index (χ0v) is 17.0. The Kier molecular flexibility index (Phi) is 6.60. The molecule has 27 heavy (non-hydrogen) atoms. The predicted octanol–water partition coefficient (Wildman–Crippen LogP) is 5.96. The van der Waals surface area contributed by atoms with E-state index in [9.17, 15) is 0 Å². The van der Waals surface area contributed by atoms with E-state index in [4.69, 9.17) is 5.73 Å². The number of fused-ring (bicyclic) bond motifs is 2. The Bertz CT molecular complexity index is 563. The molecule has 150 valence electrons. The van der Waals surface area contributed by atoms with Gasteiger partial charge in [0.2, 0.25) is 0 Å². The molecular formula is C24H39N3. The van der Waals surface area contributed by atoms with Crippen molar-refractivity contribution in [2.75, 3.05) is 11.1 Å². The summed E-state index contributed by atoms with van der Waals surface area (Å²) in [7, 11) is 0. The summed E-state index contributed by atoms with van der Waals surface area (Å²) < 4.78 is 0. The van der Waals surface area contributed by atoms with Gasteiger partial charge in [0.05, 0.1) is 11.4 Å². The Morgan fingerprint density at radius 2 is 1.26 bits per heavy atom. The first kappa shape index (κ1) is 19.1. The molecular weight excluding hydrogens is 330 g/mol. The standard InChI is InChI=1S/C24H39N3/c25-23-15-8-9-16-24(23)26-19-17-21-13-10-14-22(18-19)27(21)20-11-6-4-2-1-3-5-7-12-20/h8-9,15-16,19-22,26H,1-7,10-14,17-18,25H2/t19-,21+,22-. The Hall–Kier alpha value is -1.22. The zero-order valence-electron chi connectivity index (χ0n) is 17.0. The lowest BCUT2D eigenvalue weighted by atomic mass is 9.79. The van der Waals surface area contributed by atoms with Crippen molar-refractivity contribution >= 4 is 11.4 Å². The molecule has 3 nitrogen and oxygen atoms in total. The van der Waals surface area contributed by atoms with Crippen LogP contribution in [0.4, 0.5) is 11.4 Å². The first-order valence-corrected chi connectivity index (χ1v) is 11.7. The van der Waals surface area contributed by atoms with Gasteiger partial charge < -0.3 is 11.1 Å². The first-order chi connectivity index (χ1) is 13.3. The highest BCUT2D eigenvalue weighted by Crippen LogP contribution is 2.39. The lowest BCUT2D eigenvalue weighted by molar-refractivity contribution is -0.0102. The summed E-state index contributed by atoms with van der Waals surface area (Å²) in [4.78, 5) is 3.01. The van der Waals surface area contributed by atoms with Crippen LogP contribution >= 0.6 is 0 Å². The van der Waals surface area contributed by atoms with Gasteiger partial charge in [0, 0.05) is 24.2 Å². The average molecular weight is 370 g/mol. The fraction of sp³-hybridized carbons (Fsp3) is 0.750. The van der Waals surface area contributed by atoms with Crippen LogP contribution in [-0.4, -0.2) is 29.1 Å². The van der Waals surface area contributed by atoms with Gasteiger partial charge in [-0.05, 0) is 50.7 Å². The minimum absolute atomic E-state index is 0.584. The van der Waals surface area contributed by atoms with Crippen molar-refractivity contribution in [1.82, 2.24) is 4.90 Å². The Labute approximate surface area is 166 Å². The van der Waals surface area contributed by atoms with Gasteiger partial charge in [-0.25, -0.2) is 0 Å². The minimum Gasteiger partial charge on any atom is -0.397 e. The van der Waals surface area contributed by atoms with Crippen LogP contribution in [-0.2, 0) is 0 Å². The smallest absolute Gasteiger partial charge is 0.0576 e. The highest BCUT2D eigenvalue weighted by Gasteiger charge is 2.41. The monoisotopic (exact) mass is 369 g/mol. The van der Waals surface area contributed by atoms with Gasteiger partial charge in [-0.15, -0.1) is 0 Å². The molecule has 0 unspecified atom stereocenters. The van der Waals surface area contributed by atoms with Gasteiger partial charge in [0.15, 0.2) is 0 Å². The molecule has 4 rings (SSSR count). The van der Waals surface area contributed by atoms with Crippen LogP contribution in [0.3, 0.4) is 0 Å². The van der Waals surface area contributed by atoms with Crippen molar-refractivity contribution in [1.29, 1.82) is 0 Å². The number of para-hydroxylation sites is 2. The second-order valence-corrected chi connectivity index (χ2v) is 9.29. The van der Waals surface area contributed by atoms with Crippen molar-refractivity contribution in [2.45, 2.75) is 114 Å². The molecule has 2 heterocycles. The normalized spacial score (nSPS) is 31.3. The van der Waals surface area contributed by atoms with Crippen LogP contribution in [0.1, 0.15) is 89.9 Å². The Balaban J connectivity index is 1.42. The minimum atomic E-state index is 0.584. The predicted molar refractivity (Wildman–Crippen MR) is 116 cm³/mol. The third-order valence-corrected chi connectivity index (χ3v) is 7.35. The van der Waals surface area contributed by atoms with Gasteiger partial charge in [-0.1, -0.05) is 63.5 Å². The molecule has 3 fully saturated rings. The van der Waals surface area contributed by atoms with Crippen LogP contribution in [0.25, 0.3) is 0 Å². The maximum Gasteiger partial charge on any atom is 0.0576 e. The summed E-state index contributed by atoms with van der Waals surface area (Å²) in [6.45, 7) is 0. The van der Waals surface area contributed by atoms with E-state index in [0.717, 1.165) is 29.5 Å². The van der Waals surface area contributed by atoms with Gasteiger partial charge >= 0.3 is 0 Å². The van der Waals surface area contributed by atoms with Crippen LogP contribution in [0.15, 0.2) is 24.3 Å². The Morgan fingerprint density at radius 3 is 1.89 bits per heavy atom. The largest absolute Gasteiger partial charge is 0.397 e. The third-order valence-electron chi connectivity index (χ3n) is 7.35. The molecule has 0 aromatic heterocycles. The molecule has 0 spiro atoms. The lowest BCUT2D eigenvalue weighted by Crippen LogP contribution is -2.58. The number of nitrogens with zero attached hydrogens (tertiary/aromatic N) is 1. The van der Waals surface area contributed by atoms with Gasteiger partial charge in [0.25, 0.3) is 0 Å². The number of nitrogens with two attached hydrogens (primary N) is 1. The zero-order chi connectivity index (χ0) is 18.5. The van der Waals surface area contributed by atoms with E-state index in [1.54, 1.807) is 0 Å². The molecule has 1 saturated carbocycles. The quantitative estimate of drug-likeness (QED) is 0.646. The van der Waals surface area contributed by atoms with E-state index in [-0.39, 0.29) is 0 Å². The molecule has 2 bridgehead atoms. The maximum atomic E-state index is 6.18. The van der Waals surface area contributed by atoms with Crippen LogP contribution in [0.5, 0.6) is 0 Å². The number of piperidine rings is 2. The second-order valence-electron chi connectivity index (χ2n) is 9.29. The number of nitrogens with one attached hydrogen (secondary N) is 1. The molecule has 2 saturated heterocycles. The van der Waals surface area contributed by atoms with E-state index in [0.29, 0.717) is 6.04 Å². The van der Waals surface area contributed by atoms with E-state index in [2.05, 4.69) is 22.3 Å². The number of hydrogen-bond donors (Lipinski definition) is 2. The van der Waals surface area contributed by atoms with Crippen LogP contribution in [0, 0.1) is 0 Å². The number of benzene rings is 1. The molecule has 3 aliphatic rings. The van der Waals surface area contributed by atoms with Crippen molar-refractivity contribution in [3.05, 3.63) is 24.3 Å². The van der Waals surface area contributed by atoms with Gasteiger partial charge in [-0.3, -0.25) is 4.90 Å². The van der Waals surface area contributed by atoms with Crippen LogP contribution < -0.4 is 11.1 Å². The van der Waals surface area contributed by atoms with E-state index >= 15 is 0 Å². The molecule has 2 aliphatic heterocycles. The molecule has 0 radical (unpaired) electrons. The van der Waals surface area contributed by atoms with Crippen molar-refractivity contribution in [2.24, 2.45) is 0 Å². The molecule has 1 aromatic rings. The summed E-state index contributed by atoms with van der Waals surface area (Å²) in [5.74, 6) is 0. The second kappa shape index (κ2) is 9.32. The number of anilines is 2. The van der Waals surface area contributed by atoms with Crippen molar-refractivity contribution < 1.29 is 0 Å². The Morgan fingerprint density at radius 1 is 0.704 bits per heavy atom. The van der Waals surface area contributed by atoms with Crippen molar-refractivity contribution in [3.63, 3.8) is 0 Å². The molecule has 3 atom stereocenters. The molecule has 3 N–H and O–H groups in total. The lowest BCUT2D eigenvalue weighted by Gasteiger charge is -2.53. The van der Waals surface area contributed by atoms with Crippen molar-refractivity contribution in [3.8, 4) is 0 Å². The molecule has 1 aliphatic carbocycles. The summed E-state index contributed by atoms with van der Waals surface area (Å²) >= 11 is 0. The first-order valence-electron chi connectivity index (χ1n) is 11.7. The molecule has 3 heteroatoms. The summed E-state index contributed by atoms with van der Waals surface area (Å²) in [5, 5.41) is 3.79. The topological polar surface area (TPSA) is 41.3 Å². The van der Waals surface area contributed by atoms with Crippen LogP contribution in [0.2, 0.25) is 0 Å². The van der Waals surface area contributed by atoms with E-state index in [1.165, 1.54) is 89.9 Å². The fourth-order valence-electron chi connectivity index (χ4n) is 6.07. The number of nitrogen functional groups attached to an aromatic ring is 1. The average Bonchev–Trinajstić information content (AvgIpc) is 2.67. The summed E-state index contributed by atoms with van der Waals surface area (Å²) in [6, 6.07) is 11.3. The number of rotatable bonds is 3. The highest BCUT2D eigenvalue weighted by molar-refractivity contribution is 5.66. The summed E-state index contributed by atoms with van der Waals surface area (Å²) in [6.07, 6.45) is 19.9. The third kappa shape index (κ3) is 4.80. The maximum absolute atomic E-state index is 6.18. The summed E-state index contributed by atoms with van der Waals surface area (Å²) in [5.41, 5.74) is 8.20. The SMILES string of the molecule is Nc1ccccc1N[C@H]1C[C@H]2CCC[C@@H](C1)N2C1CCCCCCCCC1. The number of hydrogen-bond acceptors (Lipinski definition) is 3. The molecule has 1 aromatic carbocycles. The van der Waals surface area contributed by atoms with Gasteiger partial charge in [-0.2, -0.15) is 0 Å². The fourth-order valence-corrected chi connectivity index (χ4v) is 6.07. The van der Waals surface area contributed by atoms with Gasteiger partial charge in [0.1, 0.15) is 0 Å². The van der Waals surface area contributed by atoms with E-state index in [1.807, 2.05) is 12.1 Å². The van der Waals surface area contributed by atoms with E-state index < -0.39 is 0 Å². The molecule has 0 amide bonds.